The van der Waals surface area contributed by atoms with Crippen LogP contribution in [0.25, 0.3) is 16.6 Å². The highest BCUT2D eigenvalue weighted by atomic mass is 19.1. The molecule has 0 bridgehead atoms. The molecule has 3 heteroatoms. The molecular weight excluding hydrogens is 455 g/mol. The fourth-order valence-electron chi connectivity index (χ4n) is 6.63. The first kappa shape index (κ1) is 25.9. The Bertz CT molecular complexity index is 1320. The summed E-state index contributed by atoms with van der Waals surface area (Å²) < 4.78 is 16.9. The SMILES string of the molecule is C=C(C)C1CC(Cc2c(C3CCCCC3)n(-c3ccc(F)c(C)c3)c3cc(C=NCCC)c(C)cc23)C1. The highest BCUT2D eigenvalue weighted by Crippen LogP contribution is 2.46. The monoisotopic (exact) mass is 498 g/mol. The van der Waals surface area contributed by atoms with Crippen molar-refractivity contribution in [1.29, 1.82) is 0 Å². The van der Waals surface area contributed by atoms with E-state index in [-0.39, 0.29) is 5.82 Å². The van der Waals surface area contributed by atoms with Crippen LogP contribution < -0.4 is 0 Å². The normalized spacial score (nSPS) is 20.6. The minimum absolute atomic E-state index is 0.136. The number of aliphatic imine (C=N–C) groups is 1. The Morgan fingerprint density at radius 3 is 2.51 bits per heavy atom. The smallest absolute Gasteiger partial charge is 0.126 e. The van der Waals surface area contributed by atoms with Crippen LogP contribution in [-0.2, 0) is 6.42 Å². The lowest BCUT2D eigenvalue weighted by Gasteiger charge is -2.36. The van der Waals surface area contributed by atoms with Gasteiger partial charge in [0.1, 0.15) is 5.82 Å². The summed E-state index contributed by atoms with van der Waals surface area (Å²) in [5.41, 5.74) is 9.87. The Morgan fingerprint density at radius 2 is 1.84 bits per heavy atom. The summed E-state index contributed by atoms with van der Waals surface area (Å²) in [6, 6.07) is 10.4. The second-order valence-electron chi connectivity index (χ2n) is 11.8. The number of allylic oxidation sites excluding steroid dienone is 1. The number of nitrogens with zero attached hydrogens (tertiary/aromatic N) is 2. The van der Waals surface area contributed by atoms with Crippen molar-refractivity contribution in [2.24, 2.45) is 16.8 Å². The fourth-order valence-corrected chi connectivity index (χ4v) is 6.63. The van der Waals surface area contributed by atoms with E-state index in [1.165, 1.54) is 83.8 Å². The number of benzene rings is 2. The first-order valence-electron chi connectivity index (χ1n) is 14.5. The molecule has 2 saturated carbocycles. The minimum atomic E-state index is -0.136. The number of aromatic nitrogens is 1. The van der Waals surface area contributed by atoms with Crippen molar-refractivity contribution in [3.63, 3.8) is 0 Å². The van der Waals surface area contributed by atoms with Gasteiger partial charge in [0.05, 0.1) is 5.52 Å². The maximum absolute atomic E-state index is 14.4. The van der Waals surface area contributed by atoms with Crippen LogP contribution in [0.4, 0.5) is 4.39 Å². The molecule has 3 aromatic rings. The van der Waals surface area contributed by atoms with Crippen LogP contribution in [0.3, 0.4) is 0 Å². The van der Waals surface area contributed by atoms with Crippen molar-refractivity contribution in [1.82, 2.24) is 4.57 Å². The summed E-state index contributed by atoms with van der Waals surface area (Å²) >= 11 is 0. The van der Waals surface area contributed by atoms with Crippen LogP contribution in [0.2, 0.25) is 0 Å². The molecule has 2 aliphatic rings. The maximum atomic E-state index is 14.4. The highest BCUT2D eigenvalue weighted by Gasteiger charge is 2.33. The third kappa shape index (κ3) is 5.19. The molecule has 0 atom stereocenters. The number of fused-ring (bicyclic) bond motifs is 1. The van der Waals surface area contributed by atoms with Gasteiger partial charge in [-0.3, -0.25) is 4.99 Å². The summed E-state index contributed by atoms with van der Waals surface area (Å²) in [6.45, 7) is 13.5. The van der Waals surface area contributed by atoms with E-state index in [2.05, 4.69) is 55.3 Å². The van der Waals surface area contributed by atoms with E-state index in [4.69, 9.17) is 0 Å². The van der Waals surface area contributed by atoms with Crippen LogP contribution >= 0.6 is 0 Å². The molecule has 0 saturated heterocycles. The molecule has 0 aliphatic heterocycles. The summed E-state index contributed by atoms with van der Waals surface area (Å²) in [5.74, 6) is 1.81. The molecule has 1 aromatic heterocycles. The maximum Gasteiger partial charge on any atom is 0.126 e. The van der Waals surface area contributed by atoms with Crippen LogP contribution in [0.1, 0.15) is 99.1 Å². The van der Waals surface area contributed by atoms with E-state index in [9.17, 15) is 4.39 Å². The lowest BCUT2D eigenvalue weighted by molar-refractivity contribution is 0.227. The average molecular weight is 499 g/mol. The third-order valence-corrected chi connectivity index (χ3v) is 8.90. The van der Waals surface area contributed by atoms with Gasteiger partial charge in [-0.2, -0.15) is 0 Å². The molecule has 2 aliphatic carbocycles. The van der Waals surface area contributed by atoms with Crippen LogP contribution in [0.15, 0.2) is 47.5 Å². The lowest BCUT2D eigenvalue weighted by atomic mass is 9.69. The molecule has 0 radical (unpaired) electrons. The Hall–Kier alpha value is -2.68. The average Bonchev–Trinajstić information content (AvgIpc) is 3.16. The van der Waals surface area contributed by atoms with Crippen LogP contribution in [0, 0.1) is 31.5 Å². The Balaban J connectivity index is 1.72. The van der Waals surface area contributed by atoms with E-state index in [0.717, 1.165) is 25.1 Å². The summed E-state index contributed by atoms with van der Waals surface area (Å²) in [7, 11) is 0. The first-order chi connectivity index (χ1) is 17.9. The molecule has 2 nitrogen and oxygen atoms in total. The van der Waals surface area contributed by atoms with Gasteiger partial charge >= 0.3 is 0 Å². The van der Waals surface area contributed by atoms with Crippen molar-refractivity contribution < 1.29 is 4.39 Å². The van der Waals surface area contributed by atoms with Crippen LogP contribution in [0.5, 0.6) is 0 Å². The Morgan fingerprint density at radius 1 is 1.08 bits per heavy atom. The highest BCUT2D eigenvalue weighted by molar-refractivity contribution is 5.95. The topological polar surface area (TPSA) is 17.3 Å². The number of hydrogen-bond acceptors (Lipinski definition) is 1. The Labute approximate surface area is 222 Å². The van der Waals surface area contributed by atoms with Crippen molar-refractivity contribution in [2.75, 3.05) is 6.54 Å². The molecule has 1 heterocycles. The lowest BCUT2D eigenvalue weighted by Crippen LogP contribution is -2.26. The third-order valence-electron chi connectivity index (χ3n) is 8.90. The van der Waals surface area contributed by atoms with Crippen molar-refractivity contribution in [2.45, 2.75) is 91.4 Å². The molecule has 0 amide bonds. The van der Waals surface area contributed by atoms with Crippen LogP contribution in [-0.4, -0.2) is 17.3 Å². The molecule has 2 fully saturated rings. The van der Waals surface area contributed by atoms with Gasteiger partial charge in [-0.25, -0.2) is 4.39 Å². The molecule has 2 aromatic carbocycles. The first-order valence-corrected chi connectivity index (χ1v) is 14.5. The molecule has 196 valence electrons. The zero-order valence-corrected chi connectivity index (χ0v) is 23.2. The molecule has 0 N–H and O–H groups in total. The number of halogens is 1. The summed E-state index contributed by atoms with van der Waals surface area (Å²) in [4.78, 5) is 4.68. The van der Waals surface area contributed by atoms with Gasteiger partial charge in [0, 0.05) is 29.5 Å². The molecule has 5 rings (SSSR count). The summed E-state index contributed by atoms with van der Waals surface area (Å²) in [5, 5.41) is 1.38. The largest absolute Gasteiger partial charge is 0.313 e. The fraction of sp³-hybridized carbons (Fsp3) is 0.500. The molecule has 0 unspecified atom stereocenters. The zero-order valence-electron chi connectivity index (χ0n) is 23.2. The molecular formula is C34H43FN2. The number of aryl methyl sites for hydroxylation is 2. The molecule has 37 heavy (non-hydrogen) atoms. The minimum Gasteiger partial charge on any atom is -0.313 e. The van der Waals surface area contributed by atoms with Gasteiger partial charge in [-0.05, 0) is 130 Å². The van der Waals surface area contributed by atoms with Gasteiger partial charge in [0.2, 0.25) is 0 Å². The van der Waals surface area contributed by atoms with Gasteiger partial charge in [0.25, 0.3) is 0 Å². The second-order valence-corrected chi connectivity index (χ2v) is 11.8. The van der Waals surface area contributed by atoms with Gasteiger partial charge in [0.15, 0.2) is 0 Å². The van der Waals surface area contributed by atoms with E-state index in [0.29, 0.717) is 23.3 Å². The standard InChI is InChI=1S/C34H43FN2/c1-6-14-36-21-28-20-33-30(16-23(28)4)31(19-25-17-27(18-25)22(2)3)34(26-10-8-7-9-11-26)37(33)29-12-13-32(35)24(5)15-29/h12-13,15-16,20-21,25-27H,2,6-11,14,17-19H2,1,3-5H3. The van der Waals surface area contributed by atoms with E-state index in [1.807, 2.05) is 19.1 Å². The van der Waals surface area contributed by atoms with Crippen molar-refractivity contribution in [3.8, 4) is 5.69 Å². The second kappa shape index (κ2) is 11.0. The Kier molecular flexibility index (Phi) is 7.70. The zero-order chi connectivity index (χ0) is 26.1. The van der Waals surface area contributed by atoms with E-state index >= 15 is 0 Å². The van der Waals surface area contributed by atoms with Crippen molar-refractivity contribution in [3.05, 3.63) is 76.2 Å². The van der Waals surface area contributed by atoms with E-state index in [1.54, 1.807) is 6.07 Å². The quantitative estimate of drug-likeness (QED) is 0.217. The van der Waals surface area contributed by atoms with Gasteiger partial charge < -0.3 is 4.57 Å². The predicted octanol–water partition coefficient (Wildman–Crippen LogP) is 9.41. The molecule has 0 spiro atoms. The van der Waals surface area contributed by atoms with Gasteiger partial charge in [-0.15, -0.1) is 0 Å². The number of rotatable bonds is 8. The van der Waals surface area contributed by atoms with Crippen molar-refractivity contribution >= 4 is 17.1 Å². The van der Waals surface area contributed by atoms with E-state index < -0.39 is 0 Å². The predicted molar refractivity (Wildman–Crippen MR) is 156 cm³/mol. The summed E-state index contributed by atoms with van der Waals surface area (Å²) in [6.07, 6.45) is 13.1. The number of hydrogen-bond donors (Lipinski definition) is 0. The van der Waals surface area contributed by atoms with Gasteiger partial charge in [-0.1, -0.05) is 38.3 Å².